The maximum atomic E-state index is 12.5. The molecule has 2 rings (SSSR count). The van der Waals surface area contributed by atoms with Gasteiger partial charge in [-0.25, -0.2) is 4.79 Å². The van der Waals surface area contributed by atoms with E-state index in [1.807, 2.05) is 0 Å². The highest BCUT2D eigenvalue weighted by Crippen LogP contribution is 2.34. The topological polar surface area (TPSA) is 108 Å². The number of imide groups is 1. The highest BCUT2D eigenvalue weighted by Gasteiger charge is 2.36. The zero-order valence-corrected chi connectivity index (χ0v) is 17.9. The van der Waals surface area contributed by atoms with Gasteiger partial charge in [-0.1, -0.05) is 6.07 Å². The number of thioether (sulfide) groups is 1. The van der Waals surface area contributed by atoms with Crippen molar-refractivity contribution in [3.8, 4) is 11.5 Å². The van der Waals surface area contributed by atoms with Gasteiger partial charge in [0.25, 0.3) is 11.1 Å². The van der Waals surface area contributed by atoms with Gasteiger partial charge in [0.05, 0.1) is 24.7 Å². The predicted octanol–water partition coefficient (Wildman–Crippen LogP) is 2.63. The minimum absolute atomic E-state index is 0.169. The first-order valence-electron chi connectivity index (χ1n) is 9.16. The Kier molecular flexibility index (Phi) is 8.28. The molecule has 0 unspecified atom stereocenters. The lowest BCUT2D eigenvalue weighted by molar-refractivity contribution is -0.149. The fraction of sp³-hybridized carbons (Fsp3) is 0.400. The SMILES string of the molecule is CCOc1cc(/C=C2\SC(=O)N(CC(=O)OC(C)C)C2=O)ccc1OCC(=O)OC. The molecule has 1 aliphatic rings. The first-order valence-corrected chi connectivity index (χ1v) is 9.98. The van der Waals surface area contributed by atoms with Gasteiger partial charge in [0.15, 0.2) is 18.1 Å². The third-order valence-electron chi connectivity index (χ3n) is 3.67. The van der Waals surface area contributed by atoms with E-state index in [2.05, 4.69) is 4.74 Å². The van der Waals surface area contributed by atoms with Gasteiger partial charge in [-0.3, -0.25) is 19.3 Å². The standard InChI is InChI=1S/C20H23NO8S/c1-5-27-15-8-13(6-7-14(15)28-11-18(23)26-4)9-16-19(24)21(20(25)30-16)10-17(22)29-12(2)3/h6-9,12H,5,10-11H2,1-4H3/b16-9-. The summed E-state index contributed by atoms with van der Waals surface area (Å²) in [6.07, 6.45) is 1.18. The number of ether oxygens (including phenoxy) is 4. The summed E-state index contributed by atoms with van der Waals surface area (Å²) in [5.41, 5.74) is 0.583. The number of methoxy groups -OCH3 is 1. The third kappa shape index (κ3) is 6.24. The van der Waals surface area contributed by atoms with Crippen LogP contribution in [0, 0.1) is 0 Å². The summed E-state index contributed by atoms with van der Waals surface area (Å²) in [6, 6.07) is 4.86. The summed E-state index contributed by atoms with van der Waals surface area (Å²) in [6.45, 7) is 4.79. The van der Waals surface area contributed by atoms with Crippen LogP contribution in [0.15, 0.2) is 23.1 Å². The molecule has 0 spiro atoms. The molecule has 1 aliphatic heterocycles. The summed E-state index contributed by atoms with van der Waals surface area (Å²) in [7, 11) is 1.26. The molecular weight excluding hydrogens is 414 g/mol. The van der Waals surface area contributed by atoms with Crippen LogP contribution in [0.4, 0.5) is 4.79 Å². The zero-order chi connectivity index (χ0) is 22.3. The van der Waals surface area contributed by atoms with Gasteiger partial charge in [-0.05, 0) is 56.3 Å². The Bertz CT molecular complexity index is 864. The van der Waals surface area contributed by atoms with Crippen molar-refractivity contribution in [3.63, 3.8) is 0 Å². The van der Waals surface area contributed by atoms with Gasteiger partial charge in [0.1, 0.15) is 6.54 Å². The summed E-state index contributed by atoms with van der Waals surface area (Å²) in [5, 5.41) is -0.546. The molecule has 0 aliphatic carbocycles. The van der Waals surface area contributed by atoms with Crippen molar-refractivity contribution in [1.82, 2.24) is 4.90 Å². The van der Waals surface area contributed by atoms with E-state index in [9.17, 15) is 19.2 Å². The van der Waals surface area contributed by atoms with Crippen LogP contribution in [-0.2, 0) is 23.9 Å². The Hall–Kier alpha value is -3.01. The molecule has 1 fully saturated rings. The van der Waals surface area contributed by atoms with Crippen molar-refractivity contribution in [2.45, 2.75) is 26.9 Å². The summed E-state index contributed by atoms with van der Waals surface area (Å²) in [5.74, 6) is -1.06. The van der Waals surface area contributed by atoms with E-state index in [-0.39, 0.29) is 17.6 Å². The van der Waals surface area contributed by atoms with Gasteiger partial charge in [-0.2, -0.15) is 0 Å². The van der Waals surface area contributed by atoms with Gasteiger partial charge < -0.3 is 18.9 Å². The number of carbonyl (C=O) groups is 4. The molecule has 1 heterocycles. The first kappa shape index (κ1) is 23.3. The van der Waals surface area contributed by atoms with Crippen LogP contribution >= 0.6 is 11.8 Å². The molecular formula is C20H23NO8S. The fourth-order valence-electron chi connectivity index (χ4n) is 2.41. The number of hydrogen-bond donors (Lipinski definition) is 0. The summed E-state index contributed by atoms with van der Waals surface area (Å²) >= 11 is 0.736. The molecule has 2 amide bonds. The van der Waals surface area contributed by atoms with Crippen LogP contribution < -0.4 is 9.47 Å². The molecule has 0 N–H and O–H groups in total. The van der Waals surface area contributed by atoms with Gasteiger partial charge in [0, 0.05) is 0 Å². The molecule has 0 saturated carbocycles. The van der Waals surface area contributed by atoms with Crippen LogP contribution in [0.25, 0.3) is 6.08 Å². The smallest absolute Gasteiger partial charge is 0.343 e. The Morgan fingerprint density at radius 3 is 2.50 bits per heavy atom. The van der Waals surface area contributed by atoms with E-state index in [4.69, 9.17) is 14.2 Å². The number of hydrogen-bond acceptors (Lipinski definition) is 9. The molecule has 162 valence electrons. The second-order valence-corrected chi connectivity index (χ2v) is 7.30. The molecule has 1 saturated heterocycles. The van der Waals surface area contributed by atoms with Crippen LogP contribution in [0.3, 0.4) is 0 Å². The van der Waals surface area contributed by atoms with Gasteiger partial charge in [-0.15, -0.1) is 0 Å². The van der Waals surface area contributed by atoms with E-state index in [1.54, 1.807) is 39.0 Å². The van der Waals surface area contributed by atoms with Gasteiger partial charge in [0.2, 0.25) is 0 Å². The number of rotatable bonds is 9. The van der Waals surface area contributed by atoms with E-state index in [1.165, 1.54) is 13.2 Å². The highest BCUT2D eigenvalue weighted by atomic mass is 32.2. The molecule has 30 heavy (non-hydrogen) atoms. The van der Waals surface area contributed by atoms with Crippen molar-refractivity contribution < 1.29 is 38.1 Å². The molecule has 9 nitrogen and oxygen atoms in total. The molecule has 0 bridgehead atoms. The minimum Gasteiger partial charge on any atom is -0.490 e. The fourth-order valence-corrected chi connectivity index (χ4v) is 3.25. The van der Waals surface area contributed by atoms with Crippen molar-refractivity contribution >= 4 is 40.9 Å². The number of benzene rings is 1. The lowest BCUT2D eigenvalue weighted by Gasteiger charge is -2.13. The maximum absolute atomic E-state index is 12.5. The summed E-state index contributed by atoms with van der Waals surface area (Å²) < 4.78 is 20.5. The zero-order valence-electron chi connectivity index (χ0n) is 17.1. The molecule has 1 aromatic carbocycles. The normalized spacial score (nSPS) is 15.0. The molecule has 0 radical (unpaired) electrons. The Balaban J connectivity index is 2.18. The number of amides is 2. The largest absolute Gasteiger partial charge is 0.490 e. The lowest BCUT2D eigenvalue weighted by atomic mass is 10.2. The van der Waals surface area contributed by atoms with Gasteiger partial charge >= 0.3 is 11.9 Å². The second-order valence-electron chi connectivity index (χ2n) is 6.31. The maximum Gasteiger partial charge on any atom is 0.343 e. The molecule has 0 aromatic heterocycles. The minimum atomic E-state index is -0.653. The van der Waals surface area contributed by atoms with E-state index in [0.717, 1.165) is 16.7 Å². The average Bonchev–Trinajstić information content (AvgIpc) is 2.94. The van der Waals surface area contributed by atoms with Crippen molar-refractivity contribution in [2.75, 3.05) is 26.9 Å². The van der Waals surface area contributed by atoms with E-state index >= 15 is 0 Å². The highest BCUT2D eigenvalue weighted by molar-refractivity contribution is 8.18. The Labute approximate surface area is 178 Å². The van der Waals surface area contributed by atoms with Crippen LogP contribution in [0.1, 0.15) is 26.3 Å². The number of esters is 2. The van der Waals surface area contributed by atoms with Crippen LogP contribution in [0.2, 0.25) is 0 Å². The quantitative estimate of drug-likeness (QED) is 0.425. The second kappa shape index (κ2) is 10.7. The van der Waals surface area contributed by atoms with Crippen molar-refractivity contribution in [2.24, 2.45) is 0 Å². The van der Waals surface area contributed by atoms with Crippen molar-refractivity contribution in [3.05, 3.63) is 28.7 Å². The van der Waals surface area contributed by atoms with Crippen LogP contribution in [-0.4, -0.2) is 61.0 Å². The molecule has 10 heteroatoms. The lowest BCUT2D eigenvalue weighted by Crippen LogP contribution is -2.35. The monoisotopic (exact) mass is 437 g/mol. The van der Waals surface area contributed by atoms with Crippen LogP contribution in [0.5, 0.6) is 11.5 Å². The Morgan fingerprint density at radius 1 is 1.13 bits per heavy atom. The average molecular weight is 437 g/mol. The molecule has 0 atom stereocenters. The third-order valence-corrected chi connectivity index (χ3v) is 4.57. The number of carbonyl (C=O) groups excluding carboxylic acids is 4. The summed E-state index contributed by atoms with van der Waals surface area (Å²) in [4.78, 5) is 48.8. The van der Waals surface area contributed by atoms with E-state index < -0.39 is 29.6 Å². The molecule has 1 aromatic rings. The predicted molar refractivity (Wildman–Crippen MR) is 109 cm³/mol. The van der Waals surface area contributed by atoms with E-state index in [0.29, 0.717) is 23.7 Å². The first-order chi connectivity index (χ1) is 14.2. The number of nitrogens with zero attached hydrogens (tertiary/aromatic N) is 1. The van der Waals surface area contributed by atoms with Crippen molar-refractivity contribution in [1.29, 1.82) is 0 Å². The Morgan fingerprint density at radius 2 is 1.87 bits per heavy atom.